The molecular weight excluding hydrogens is 268 g/mol. The maximum atomic E-state index is 11.0. The maximum Gasteiger partial charge on any atom is 0.352 e. The highest BCUT2D eigenvalue weighted by Gasteiger charge is 2.08. The third kappa shape index (κ3) is 2.53. The lowest BCUT2D eigenvalue weighted by atomic mass is 10.2. The lowest BCUT2D eigenvalue weighted by Gasteiger charge is -2.10. The molecule has 0 aliphatic carbocycles. The summed E-state index contributed by atoms with van der Waals surface area (Å²) >= 11 is 0. The highest BCUT2D eigenvalue weighted by Crippen LogP contribution is 2.28. The molecule has 2 aromatic carbocycles. The predicted octanol–water partition coefficient (Wildman–Crippen LogP) is 3.62. The zero-order valence-corrected chi connectivity index (χ0v) is 11.4. The molecule has 0 radical (unpaired) electrons. The van der Waals surface area contributed by atoms with Gasteiger partial charge in [0, 0.05) is 16.6 Å². The minimum atomic E-state index is -0.967. The molecule has 0 aliphatic heterocycles. The average molecular weight is 282 g/mol. The van der Waals surface area contributed by atoms with Crippen LogP contribution in [0.4, 0.5) is 11.4 Å². The summed E-state index contributed by atoms with van der Waals surface area (Å²) in [6.07, 6.45) is 0. The van der Waals surface area contributed by atoms with Gasteiger partial charge in [-0.1, -0.05) is 18.2 Å². The highest BCUT2D eigenvalue weighted by molar-refractivity contribution is 5.95. The summed E-state index contributed by atoms with van der Waals surface area (Å²) < 4.78 is 5.29. The van der Waals surface area contributed by atoms with E-state index in [1.54, 1.807) is 13.2 Å². The number of H-pyrrole nitrogens is 1. The van der Waals surface area contributed by atoms with Gasteiger partial charge in [0.25, 0.3) is 0 Å². The van der Waals surface area contributed by atoms with Crippen molar-refractivity contribution in [3.8, 4) is 5.75 Å². The van der Waals surface area contributed by atoms with Crippen LogP contribution in [0.15, 0.2) is 48.5 Å². The first-order valence-corrected chi connectivity index (χ1v) is 6.43. The minimum absolute atomic E-state index is 0.180. The summed E-state index contributed by atoms with van der Waals surface area (Å²) in [5.74, 6) is -0.222. The Morgan fingerprint density at radius 2 is 2.00 bits per heavy atom. The molecule has 0 spiro atoms. The van der Waals surface area contributed by atoms with Crippen molar-refractivity contribution in [2.45, 2.75) is 0 Å². The largest absolute Gasteiger partial charge is 0.495 e. The number of hydrogen-bond donors (Lipinski definition) is 3. The molecule has 3 N–H and O–H groups in total. The topological polar surface area (TPSA) is 74.3 Å². The van der Waals surface area contributed by atoms with Crippen molar-refractivity contribution in [3.05, 3.63) is 54.2 Å². The van der Waals surface area contributed by atoms with Crippen molar-refractivity contribution in [3.63, 3.8) is 0 Å². The molecule has 1 heterocycles. The summed E-state index contributed by atoms with van der Waals surface area (Å²) in [4.78, 5) is 13.8. The molecule has 0 atom stereocenters. The summed E-state index contributed by atoms with van der Waals surface area (Å²) in [6, 6.07) is 14.9. The van der Waals surface area contributed by atoms with Gasteiger partial charge in [-0.05, 0) is 30.3 Å². The van der Waals surface area contributed by atoms with Crippen LogP contribution in [0, 0.1) is 0 Å². The molecule has 5 heteroatoms. The van der Waals surface area contributed by atoms with Crippen LogP contribution in [0.5, 0.6) is 5.75 Å². The van der Waals surface area contributed by atoms with Crippen LogP contribution in [0.25, 0.3) is 10.9 Å². The minimum Gasteiger partial charge on any atom is -0.495 e. The number of para-hydroxylation sites is 2. The van der Waals surface area contributed by atoms with E-state index < -0.39 is 5.97 Å². The van der Waals surface area contributed by atoms with Crippen LogP contribution in [-0.4, -0.2) is 23.2 Å². The SMILES string of the molecule is COc1ccccc1Nc1ccc2cc(C(=O)O)[nH]c2c1. The first-order valence-electron chi connectivity index (χ1n) is 6.43. The van der Waals surface area contributed by atoms with Crippen LogP contribution in [-0.2, 0) is 0 Å². The first kappa shape index (κ1) is 13.1. The van der Waals surface area contributed by atoms with Gasteiger partial charge >= 0.3 is 5.97 Å². The molecule has 1 aromatic heterocycles. The number of anilines is 2. The fraction of sp³-hybridized carbons (Fsp3) is 0.0625. The van der Waals surface area contributed by atoms with Crippen molar-refractivity contribution in [2.75, 3.05) is 12.4 Å². The Hall–Kier alpha value is -2.95. The third-order valence-corrected chi connectivity index (χ3v) is 3.24. The molecule has 0 amide bonds. The Kier molecular flexibility index (Phi) is 3.23. The molecule has 0 saturated carbocycles. The number of aromatic carboxylic acids is 1. The van der Waals surface area contributed by atoms with E-state index in [0.717, 1.165) is 28.0 Å². The standard InChI is InChI=1S/C16H14N2O3/c1-21-15-5-3-2-4-12(15)17-11-7-6-10-8-14(16(19)20)18-13(10)9-11/h2-9,17-18H,1H3,(H,19,20). The van der Waals surface area contributed by atoms with Gasteiger partial charge in [0.05, 0.1) is 12.8 Å². The monoisotopic (exact) mass is 282 g/mol. The highest BCUT2D eigenvalue weighted by atomic mass is 16.5. The molecule has 3 rings (SSSR count). The number of aromatic amines is 1. The van der Waals surface area contributed by atoms with Crippen LogP contribution in [0.3, 0.4) is 0 Å². The molecule has 5 nitrogen and oxygen atoms in total. The number of hydrogen-bond acceptors (Lipinski definition) is 3. The number of benzene rings is 2. The van der Waals surface area contributed by atoms with Crippen LogP contribution in [0.1, 0.15) is 10.5 Å². The summed E-state index contributed by atoms with van der Waals surface area (Å²) in [7, 11) is 1.62. The molecule has 3 aromatic rings. The van der Waals surface area contributed by atoms with Gasteiger partial charge < -0.3 is 20.1 Å². The third-order valence-electron chi connectivity index (χ3n) is 3.24. The van der Waals surface area contributed by atoms with Crippen LogP contribution < -0.4 is 10.1 Å². The second-order valence-corrected chi connectivity index (χ2v) is 4.62. The first-order chi connectivity index (χ1) is 10.2. The number of nitrogens with one attached hydrogen (secondary N) is 2. The molecular formula is C16H14N2O3. The van der Waals surface area contributed by atoms with Crippen molar-refractivity contribution in [1.29, 1.82) is 0 Å². The zero-order chi connectivity index (χ0) is 14.8. The van der Waals surface area contributed by atoms with E-state index in [4.69, 9.17) is 9.84 Å². The maximum absolute atomic E-state index is 11.0. The molecule has 0 aliphatic rings. The van der Waals surface area contributed by atoms with Gasteiger partial charge in [0.2, 0.25) is 0 Å². The molecule has 0 bridgehead atoms. The smallest absolute Gasteiger partial charge is 0.352 e. The van der Waals surface area contributed by atoms with Gasteiger partial charge in [-0.2, -0.15) is 0 Å². The lowest BCUT2D eigenvalue weighted by molar-refractivity contribution is 0.0691. The Labute approximate surface area is 121 Å². The van der Waals surface area contributed by atoms with E-state index in [2.05, 4.69) is 10.3 Å². The Bertz CT molecular complexity index is 808. The lowest BCUT2D eigenvalue weighted by Crippen LogP contribution is -1.95. The van der Waals surface area contributed by atoms with Crippen molar-refractivity contribution >= 4 is 28.2 Å². The number of ether oxygens (including phenoxy) is 1. The fourth-order valence-corrected chi connectivity index (χ4v) is 2.22. The second kappa shape index (κ2) is 5.20. The van der Waals surface area contributed by atoms with E-state index in [9.17, 15) is 4.79 Å². The zero-order valence-electron chi connectivity index (χ0n) is 11.4. The van der Waals surface area contributed by atoms with Gasteiger partial charge in [0.15, 0.2) is 0 Å². The predicted molar refractivity (Wildman–Crippen MR) is 81.5 cm³/mol. The van der Waals surface area contributed by atoms with Crippen molar-refractivity contribution < 1.29 is 14.6 Å². The number of carbonyl (C=O) groups is 1. The van der Waals surface area contributed by atoms with Crippen LogP contribution in [0.2, 0.25) is 0 Å². The van der Waals surface area contributed by atoms with Crippen LogP contribution >= 0.6 is 0 Å². The Balaban J connectivity index is 1.95. The summed E-state index contributed by atoms with van der Waals surface area (Å²) in [6.45, 7) is 0. The molecule has 106 valence electrons. The van der Waals surface area contributed by atoms with Crippen molar-refractivity contribution in [2.24, 2.45) is 0 Å². The van der Waals surface area contributed by atoms with E-state index in [1.165, 1.54) is 0 Å². The number of rotatable bonds is 4. The van der Waals surface area contributed by atoms with Gasteiger partial charge in [-0.15, -0.1) is 0 Å². The quantitative estimate of drug-likeness (QED) is 0.683. The summed E-state index contributed by atoms with van der Waals surface area (Å²) in [5, 5.41) is 13.1. The number of aromatic nitrogens is 1. The van der Waals surface area contributed by atoms with Gasteiger partial charge in [-0.25, -0.2) is 4.79 Å². The van der Waals surface area contributed by atoms with Crippen molar-refractivity contribution in [1.82, 2.24) is 4.98 Å². The summed E-state index contributed by atoms with van der Waals surface area (Å²) in [5.41, 5.74) is 2.65. The molecule has 0 saturated heterocycles. The average Bonchev–Trinajstić information content (AvgIpc) is 2.91. The Morgan fingerprint density at radius 1 is 1.19 bits per heavy atom. The van der Waals surface area contributed by atoms with E-state index in [0.29, 0.717) is 0 Å². The normalized spacial score (nSPS) is 10.5. The number of carboxylic acids is 1. The molecule has 0 fully saturated rings. The van der Waals surface area contributed by atoms with Gasteiger partial charge in [-0.3, -0.25) is 0 Å². The van der Waals surface area contributed by atoms with E-state index in [-0.39, 0.29) is 5.69 Å². The molecule has 0 unspecified atom stereocenters. The number of fused-ring (bicyclic) bond motifs is 1. The second-order valence-electron chi connectivity index (χ2n) is 4.62. The Morgan fingerprint density at radius 3 is 2.76 bits per heavy atom. The number of carboxylic acid groups (broad SMARTS) is 1. The molecule has 21 heavy (non-hydrogen) atoms. The fourth-order valence-electron chi connectivity index (χ4n) is 2.22. The van der Waals surface area contributed by atoms with E-state index in [1.807, 2.05) is 42.5 Å². The van der Waals surface area contributed by atoms with E-state index >= 15 is 0 Å². The number of methoxy groups -OCH3 is 1. The van der Waals surface area contributed by atoms with Gasteiger partial charge in [0.1, 0.15) is 11.4 Å².